The molecule has 1 aliphatic carbocycles. The Labute approximate surface area is 68.0 Å². The van der Waals surface area contributed by atoms with Crippen molar-refractivity contribution in [3.8, 4) is 0 Å². The molecule has 2 atom stereocenters. The van der Waals surface area contributed by atoms with Gasteiger partial charge in [-0.2, -0.15) is 0 Å². The number of rotatable bonds is 3. The second kappa shape index (κ2) is 3.11. The number of hydrogen-bond donors (Lipinski definition) is 2. The quantitative estimate of drug-likeness (QED) is 0.634. The fraction of sp³-hybridized carbons (Fsp3) is 1.00. The lowest BCUT2D eigenvalue weighted by molar-refractivity contribution is 0.120. The highest BCUT2D eigenvalue weighted by molar-refractivity contribution is 4.85. The molecule has 2 nitrogen and oxygen atoms in total. The van der Waals surface area contributed by atoms with E-state index in [4.69, 9.17) is 0 Å². The Bertz CT molecular complexity index is 128. The van der Waals surface area contributed by atoms with Crippen molar-refractivity contribution in [2.75, 3.05) is 6.54 Å². The highest BCUT2D eigenvalue weighted by Gasteiger charge is 2.29. The molecule has 0 aromatic rings. The Morgan fingerprint density at radius 3 is 2.73 bits per heavy atom. The van der Waals surface area contributed by atoms with E-state index in [0.29, 0.717) is 6.04 Å². The molecule has 64 valence electrons. The molecule has 0 amide bonds. The van der Waals surface area contributed by atoms with Gasteiger partial charge in [0, 0.05) is 6.04 Å². The number of hydrogen-bond acceptors (Lipinski definition) is 2. The third-order valence-electron chi connectivity index (χ3n) is 2.83. The Morgan fingerprint density at radius 2 is 2.18 bits per heavy atom. The second-order valence-corrected chi connectivity index (χ2v) is 3.95. The summed E-state index contributed by atoms with van der Waals surface area (Å²) in [5.41, 5.74) is 0. The molecular weight excluding hydrogens is 138 g/mol. The van der Waals surface area contributed by atoms with E-state index in [0.717, 1.165) is 18.9 Å². The van der Waals surface area contributed by atoms with Crippen molar-refractivity contribution < 1.29 is 5.11 Å². The first-order valence-electron chi connectivity index (χ1n) is 4.78. The van der Waals surface area contributed by atoms with E-state index in [2.05, 4.69) is 5.32 Å². The van der Waals surface area contributed by atoms with Crippen LogP contribution >= 0.6 is 0 Å². The first-order valence-corrected chi connectivity index (χ1v) is 4.78. The monoisotopic (exact) mass is 155 g/mol. The molecule has 11 heavy (non-hydrogen) atoms. The van der Waals surface area contributed by atoms with Gasteiger partial charge < -0.3 is 10.4 Å². The van der Waals surface area contributed by atoms with Gasteiger partial charge in [0.25, 0.3) is 0 Å². The highest BCUT2D eigenvalue weighted by Crippen LogP contribution is 2.34. The maximum Gasteiger partial charge on any atom is 0.0695 e. The molecule has 0 radical (unpaired) electrons. The van der Waals surface area contributed by atoms with Crippen LogP contribution in [0.3, 0.4) is 0 Å². The van der Waals surface area contributed by atoms with Crippen LogP contribution in [0.4, 0.5) is 0 Å². The molecule has 2 unspecified atom stereocenters. The largest absolute Gasteiger partial charge is 0.391 e. The van der Waals surface area contributed by atoms with Crippen molar-refractivity contribution in [2.45, 2.75) is 44.2 Å². The van der Waals surface area contributed by atoms with Crippen LogP contribution in [0.15, 0.2) is 0 Å². The summed E-state index contributed by atoms with van der Waals surface area (Å²) >= 11 is 0. The molecule has 2 fully saturated rings. The molecule has 1 aliphatic heterocycles. The van der Waals surface area contributed by atoms with Gasteiger partial charge in [0.05, 0.1) is 6.10 Å². The lowest BCUT2D eigenvalue weighted by Gasteiger charge is -2.17. The zero-order valence-corrected chi connectivity index (χ0v) is 6.92. The number of aliphatic hydroxyl groups is 1. The van der Waals surface area contributed by atoms with Crippen LogP contribution in [-0.2, 0) is 0 Å². The molecule has 2 aliphatic rings. The predicted molar refractivity (Wildman–Crippen MR) is 44.4 cm³/mol. The molecule has 0 aromatic heterocycles. The van der Waals surface area contributed by atoms with Crippen LogP contribution in [0.1, 0.15) is 32.1 Å². The van der Waals surface area contributed by atoms with Crippen molar-refractivity contribution in [1.82, 2.24) is 5.32 Å². The molecular formula is C9H17NO. The summed E-state index contributed by atoms with van der Waals surface area (Å²) in [7, 11) is 0. The Morgan fingerprint density at radius 1 is 1.36 bits per heavy atom. The summed E-state index contributed by atoms with van der Waals surface area (Å²) < 4.78 is 0. The molecule has 1 heterocycles. The first kappa shape index (κ1) is 7.56. The average Bonchev–Trinajstić information content (AvgIpc) is 2.67. The van der Waals surface area contributed by atoms with Gasteiger partial charge in [-0.15, -0.1) is 0 Å². The maximum atomic E-state index is 9.70. The summed E-state index contributed by atoms with van der Waals surface area (Å²) in [6.07, 6.45) is 6.09. The van der Waals surface area contributed by atoms with Crippen LogP contribution in [-0.4, -0.2) is 23.8 Å². The number of nitrogens with one attached hydrogen (secondary N) is 1. The molecule has 0 spiro atoms. The third kappa shape index (κ3) is 1.94. The van der Waals surface area contributed by atoms with E-state index < -0.39 is 0 Å². The molecule has 0 bridgehead atoms. The summed E-state index contributed by atoms with van der Waals surface area (Å²) in [6, 6.07) is 0.413. The van der Waals surface area contributed by atoms with E-state index in [9.17, 15) is 5.11 Å². The minimum atomic E-state index is -0.0648. The van der Waals surface area contributed by atoms with Crippen molar-refractivity contribution >= 4 is 0 Å². The van der Waals surface area contributed by atoms with Crippen molar-refractivity contribution in [2.24, 2.45) is 5.92 Å². The average molecular weight is 155 g/mol. The highest BCUT2D eigenvalue weighted by atomic mass is 16.3. The molecule has 0 aromatic carbocycles. The first-order chi connectivity index (χ1) is 5.36. The fourth-order valence-electron chi connectivity index (χ4n) is 1.90. The van der Waals surface area contributed by atoms with Crippen molar-refractivity contribution in [1.29, 1.82) is 0 Å². The van der Waals surface area contributed by atoms with Gasteiger partial charge in [0.1, 0.15) is 0 Å². The predicted octanol–water partition coefficient (Wildman–Crippen LogP) is 0.899. The van der Waals surface area contributed by atoms with Crippen LogP contribution < -0.4 is 5.32 Å². The number of aliphatic hydroxyl groups excluding tert-OH is 1. The van der Waals surface area contributed by atoms with Crippen LogP contribution in [0.5, 0.6) is 0 Å². The van der Waals surface area contributed by atoms with Gasteiger partial charge in [0.15, 0.2) is 0 Å². The molecule has 2 rings (SSSR count). The normalized spacial score (nSPS) is 34.1. The van der Waals surface area contributed by atoms with Crippen molar-refractivity contribution in [3.05, 3.63) is 0 Å². The van der Waals surface area contributed by atoms with E-state index in [1.54, 1.807) is 0 Å². The van der Waals surface area contributed by atoms with E-state index in [1.165, 1.54) is 25.7 Å². The lowest BCUT2D eigenvalue weighted by Crippen LogP contribution is -2.34. The molecule has 2 heteroatoms. The van der Waals surface area contributed by atoms with Gasteiger partial charge >= 0.3 is 0 Å². The fourth-order valence-corrected chi connectivity index (χ4v) is 1.90. The van der Waals surface area contributed by atoms with Crippen molar-refractivity contribution in [3.63, 3.8) is 0 Å². The summed E-state index contributed by atoms with van der Waals surface area (Å²) in [6.45, 7) is 1.10. The molecule has 1 saturated carbocycles. The minimum absolute atomic E-state index is 0.0648. The van der Waals surface area contributed by atoms with E-state index in [-0.39, 0.29) is 6.10 Å². The molecule has 2 N–H and O–H groups in total. The van der Waals surface area contributed by atoms with Crippen LogP contribution in [0.2, 0.25) is 0 Å². The Hall–Kier alpha value is -0.0800. The maximum absolute atomic E-state index is 9.70. The topological polar surface area (TPSA) is 32.3 Å². The van der Waals surface area contributed by atoms with Crippen LogP contribution in [0, 0.1) is 5.92 Å². The second-order valence-electron chi connectivity index (χ2n) is 3.95. The SMILES string of the molecule is OC(CC1CC1)C1CCCN1. The van der Waals surface area contributed by atoms with E-state index >= 15 is 0 Å². The molecule has 1 saturated heterocycles. The van der Waals surface area contributed by atoms with Gasteiger partial charge in [-0.05, 0) is 31.7 Å². The zero-order valence-electron chi connectivity index (χ0n) is 6.92. The lowest BCUT2D eigenvalue weighted by atomic mass is 10.0. The third-order valence-corrected chi connectivity index (χ3v) is 2.83. The van der Waals surface area contributed by atoms with Crippen LogP contribution in [0.25, 0.3) is 0 Å². The summed E-state index contributed by atoms with van der Waals surface area (Å²) in [4.78, 5) is 0. The smallest absolute Gasteiger partial charge is 0.0695 e. The van der Waals surface area contributed by atoms with Gasteiger partial charge in [-0.1, -0.05) is 12.8 Å². The van der Waals surface area contributed by atoms with Gasteiger partial charge in [0.2, 0.25) is 0 Å². The Balaban J connectivity index is 1.73. The minimum Gasteiger partial charge on any atom is -0.391 e. The Kier molecular flexibility index (Phi) is 2.14. The summed E-state index contributed by atoms with van der Waals surface area (Å²) in [5, 5.41) is 13.0. The standard InChI is InChI=1S/C9H17NO/c11-9(6-7-3-4-7)8-2-1-5-10-8/h7-11H,1-6H2. The van der Waals surface area contributed by atoms with Gasteiger partial charge in [-0.25, -0.2) is 0 Å². The zero-order chi connectivity index (χ0) is 7.68. The van der Waals surface area contributed by atoms with Gasteiger partial charge in [-0.3, -0.25) is 0 Å². The van der Waals surface area contributed by atoms with E-state index in [1.807, 2.05) is 0 Å². The summed E-state index contributed by atoms with van der Waals surface area (Å²) in [5.74, 6) is 0.854.